The fraction of sp³-hybridized carbons (Fsp3) is 0.111. The van der Waals surface area contributed by atoms with E-state index in [4.69, 9.17) is 0 Å². The molecular weight excluding hydrogens is 260 g/mol. The highest BCUT2D eigenvalue weighted by molar-refractivity contribution is 5.77. The number of aromatic nitrogens is 2. The molecular formula is C18H16N2O. The van der Waals surface area contributed by atoms with Crippen LogP contribution in [0.25, 0.3) is 22.5 Å². The first-order valence-electron chi connectivity index (χ1n) is 6.92. The fourth-order valence-electron chi connectivity index (χ4n) is 2.34. The number of Topliss-reactive ketones (excluding diaryl/α,β-unsaturated/α-hetero) is 1. The van der Waals surface area contributed by atoms with Crippen LogP contribution in [0.15, 0.2) is 66.7 Å². The minimum atomic E-state index is 0.0925. The van der Waals surface area contributed by atoms with Gasteiger partial charge in [-0.1, -0.05) is 60.7 Å². The molecule has 21 heavy (non-hydrogen) atoms. The summed E-state index contributed by atoms with van der Waals surface area (Å²) in [7, 11) is 0. The minimum absolute atomic E-state index is 0.0925. The summed E-state index contributed by atoms with van der Waals surface area (Å²) in [6, 6.07) is 22.1. The maximum Gasteiger partial charge on any atom is 0.151 e. The van der Waals surface area contributed by atoms with E-state index in [-0.39, 0.29) is 12.3 Å². The second-order valence-electron chi connectivity index (χ2n) is 5.01. The van der Waals surface area contributed by atoms with Crippen molar-refractivity contribution in [3.8, 4) is 22.5 Å². The molecule has 104 valence electrons. The number of benzene rings is 2. The zero-order valence-corrected chi connectivity index (χ0v) is 11.9. The SMILES string of the molecule is CC(=O)Cn1nc(-c2ccccc2)cc1-c1ccccc1. The number of ketones is 1. The number of nitrogens with zero attached hydrogens (tertiary/aromatic N) is 2. The van der Waals surface area contributed by atoms with E-state index >= 15 is 0 Å². The number of carbonyl (C=O) groups is 1. The molecule has 0 saturated heterocycles. The Kier molecular flexibility index (Phi) is 3.65. The molecule has 3 heteroatoms. The van der Waals surface area contributed by atoms with Crippen molar-refractivity contribution in [3.63, 3.8) is 0 Å². The Balaban J connectivity index is 2.10. The Morgan fingerprint density at radius 3 is 2.10 bits per heavy atom. The number of hydrogen-bond acceptors (Lipinski definition) is 2. The van der Waals surface area contributed by atoms with Crippen LogP contribution in [0, 0.1) is 0 Å². The highest BCUT2D eigenvalue weighted by Gasteiger charge is 2.12. The van der Waals surface area contributed by atoms with Crippen LogP contribution >= 0.6 is 0 Å². The summed E-state index contributed by atoms with van der Waals surface area (Å²) in [5.41, 5.74) is 3.96. The van der Waals surface area contributed by atoms with Gasteiger partial charge in [0.25, 0.3) is 0 Å². The van der Waals surface area contributed by atoms with E-state index in [0.29, 0.717) is 0 Å². The van der Waals surface area contributed by atoms with Crippen molar-refractivity contribution in [1.29, 1.82) is 0 Å². The van der Waals surface area contributed by atoms with Gasteiger partial charge < -0.3 is 0 Å². The third kappa shape index (κ3) is 2.92. The van der Waals surface area contributed by atoms with E-state index in [1.807, 2.05) is 66.7 Å². The summed E-state index contributed by atoms with van der Waals surface area (Å²) in [4.78, 5) is 11.5. The molecule has 0 bridgehead atoms. The predicted molar refractivity (Wildman–Crippen MR) is 83.8 cm³/mol. The van der Waals surface area contributed by atoms with Crippen LogP contribution in [0.2, 0.25) is 0 Å². The zero-order valence-electron chi connectivity index (χ0n) is 11.9. The molecule has 1 heterocycles. The smallest absolute Gasteiger partial charge is 0.151 e. The van der Waals surface area contributed by atoms with Gasteiger partial charge in [-0.2, -0.15) is 5.10 Å². The van der Waals surface area contributed by atoms with Crippen LogP contribution < -0.4 is 0 Å². The molecule has 0 saturated carbocycles. The predicted octanol–water partition coefficient (Wildman–Crippen LogP) is 3.81. The molecule has 0 aliphatic rings. The van der Waals surface area contributed by atoms with E-state index in [1.54, 1.807) is 11.6 Å². The molecule has 3 rings (SSSR count). The molecule has 0 aliphatic heterocycles. The average Bonchev–Trinajstić information content (AvgIpc) is 2.92. The molecule has 3 nitrogen and oxygen atoms in total. The Labute approximate surface area is 123 Å². The molecule has 0 radical (unpaired) electrons. The second-order valence-corrected chi connectivity index (χ2v) is 5.01. The van der Waals surface area contributed by atoms with Crippen molar-refractivity contribution in [2.45, 2.75) is 13.5 Å². The Morgan fingerprint density at radius 2 is 1.52 bits per heavy atom. The molecule has 0 spiro atoms. The summed E-state index contributed by atoms with van der Waals surface area (Å²) in [5.74, 6) is 0.0925. The molecule has 0 amide bonds. The van der Waals surface area contributed by atoms with Gasteiger partial charge in [0, 0.05) is 5.56 Å². The van der Waals surface area contributed by atoms with E-state index in [2.05, 4.69) is 5.10 Å². The van der Waals surface area contributed by atoms with Crippen LogP contribution in [-0.4, -0.2) is 15.6 Å². The van der Waals surface area contributed by atoms with Crippen LogP contribution in [0.1, 0.15) is 6.92 Å². The monoisotopic (exact) mass is 276 g/mol. The lowest BCUT2D eigenvalue weighted by Gasteiger charge is -2.04. The van der Waals surface area contributed by atoms with E-state index < -0.39 is 0 Å². The maximum atomic E-state index is 11.5. The summed E-state index contributed by atoms with van der Waals surface area (Å²) >= 11 is 0. The quantitative estimate of drug-likeness (QED) is 0.726. The summed E-state index contributed by atoms with van der Waals surface area (Å²) in [5, 5.41) is 4.59. The van der Waals surface area contributed by atoms with Gasteiger partial charge >= 0.3 is 0 Å². The highest BCUT2D eigenvalue weighted by Crippen LogP contribution is 2.26. The standard InChI is InChI=1S/C18H16N2O/c1-14(21)13-20-18(16-10-6-3-7-11-16)12-17(19-20)15-8-4-2-5-9-15/h2-12H,13H2,1H3. The van der Waals surface area contributed by atoms with Gasteiger partial charge in [-0.3, -0.25) is 9.48 Å². The molecule has 0 aliphatic carbocycles. The first-order chi connectivity index (χ1) is 10.2. The first kappa shape index (κ1) is 13.3. The number of carbonyl (C=O) groups excluding carboxylic acids is 1. The molecule has 0 atom stereocenters. The zero-order chi connectivity index (χ0) is 14.7. The third-order valence-corrected chi connectivity index (χ3v) is 3.29. The van der Waals surface area contributed by atoms with E-state index in [1.165, 1.54) is 0 Å². The van der Waals surface area contributed by atoms with Crippen molar-refractivity contribution >= 4 is 5.78 Å². The lowest BCUT2D eigenvalue weighted by Crippen LogP contribution is -2.09. The number of rotatable bonds is 4. The largest absolute Gasteiger partial charge is 0.298 e. The van der Waals surface area contributed by atoms with Gasteiger partial charge in [-0.25, -0.2) is 0 Å². The van der Waals surface area contributed by atoms with Crippen LogP contribution in [0.4, 0.5) is 0 Å². The molecule has 0 fully saturated rings. The summed E-state index contributed by atoms with van der Waals surface area (Å²) in [6.45, 7) is 1.87. The first-order valence-corrected chi connectivity index (χ1v) is 6.92. The summed E-state index contributed by atoms with van der Waals surface area (Å²) in [6.07, 6.45) is 0. The maximum absolute atomic E-state index is 11.5. The van der Waals surface area contributed by atoms with Gasteiger partial charge in [-0.15, -0.1) is 0 Å². The third-order valence-electron chi connectivity index (χ3n) is 3.29. The topological polar surface area (TPSA) is 34.9 Å². The van der Waals surface area contributed by atoms with Gasteiger partial charge in [0.15, 0.2) is 5.78 Å². The minimum Gasteiger partial charge on any atom is -0.298 e. The highest BCUT2D eigenvalue weighted by atomic mass is 16.1. The average molecular weight is 276 g/mol. The van der Waals surface area contributed by atoms with Gasteiger partial charge in [0.1, 0.15) is 0 Å². The van der Waals surface area contributed by atoms with Crippen LogP contribution in [0.5, 0.6) is 0 Å². The molecule has 1 aromatic heterocycles. The Morgan fingerprint density at radius 1 is 0.952 bits per heavy atom. The molecule has 3 aromatic rings. The van der Waals surface area contributed by atoms with E-state index in [9.17, 15) is 4.79 Å². The normalized spacial score (nSPS) is 10.5. The van der Waals surface area contributed by atoms with Gasteiger partial charge in [0.05, 0.1) is 17.9 Å². The van der Waals surface area contributed by atoms with Crippen molar-refractivity contribution in [2.24, 2.45) is 0 Å². The van der Waals surface area contributed by atoms with Crippen LogP contribution in [-0.2, 0) is 11.3 Å². The van der Waals surface area contributed by atoms with Crippen molar-refractivity contribution in [3.05, 3.63) is 66.7 Å². The lowest BCUT2D eigenvalue weighted by atomic mass is 10.1. The van der Waals surface area contributed by atoms with Gasteiger partial charge in [0.2, 0.25) is 0 Å². The Bertz CT molecular complexity index is 745. The molecule has 0 unspecified atom stereocenters. The van der Waals surface area contributed by atoms with Crippen molar-refractivity contribution < 1.29 is 4.79 Å². The summed E-state index contributed by atoms with van der Waals surface area (Å²) < 4.78 is 1.78. The second kappa shape index (κ2) is 5.75. The fourth-order valence-corrected chi connectivity index (χ4v) is 2.34. The number of hydrogen-bond donors (Lipinski definition) is 0. The van der Waals surface area contributed by atoms with Crippen molar-refractivity contribution in [1.82, 2.24) is 9.78 Å². The molecule has 2 aromatic carbocycles. The van der Waals surface area contributed by atoms with Crippen LogP contribution in [0.3, 0.4) is 0 Å². The Hall–Kier alpha value is -2.68. The van der Waals surface area contributed by atoms with E-state index in [0.717, 1.165) is 22.5 Å². The lowest BCUT2D eigenvalue weighted by molar-refractivity contribution is -0.117. The van der Waals surface area contributed by atoms with Gasteiger partial charge in [-0.05, 0) is 18.6 Å². The van der Waals surface area contributed by atoms with Crippen molar-refractivity contribution in [2.75, 3.05) is 0 Å². The molecule has 0 N–H and O–H groups in total.